The second-order valence-corrected chi connectivity index (χ2v) is 5.47. The number of benzene rings is 1. The van der Waals surface area contributed by atoms with Crippen LogP contribution < -0.4 is 0 Å². The third-order valence-electron chi connectivity index (χ3n) is 2.94. The lowest BCUT2D eigenvalue weighted by molar-refractivity contribution is -0.122. The number of nitrogens with zero attached hydrogens (tertiary/aromatic N) is 1. The van der Waals surface area contributed by atoms with E-state index in [-0.39, 0.29) is 11.1 Å². The largest absolute Gasteiger partial charge is 0.293 e. The number of rotatable bonds is 5. The van der Waals surface area contributed by atoms with Crippen molar-refractivity contribution in [1.82, 2.24) is 4.90 Å². The van der Waals surface area contributed by atoms with E-state index in [0.717, 1.165) is 30.2 Å². The van der Waals surface area contributed by atoms with Crippen LogP contribution in [0.5, 0.6) is 0 Å². The Hall–Kier alpha value is -1.81. The summed E-state index contributed by atoms with van der Waals surface area (Å²) in [6, 6.07) is 9.83. The molecule has 0 unspecified atom stereocenters. The lowest BCUT2D eigenvalue weighted by Gasteiger charge is -2.10. The molecule has 1 aliphatic rings. The maximum atomic E-state index is 12.0. The Morgan fingerprint density at radius 2 is 1.95 bits per heavy atom. The molecule has 1 saturated heterocycles. The molecule has 0 atom stereocenters. The Labute approximate surface area is 123 Å². The summed E-state index contributed by atoms with van der Waals surface area (Å²) >= 11 is 1.01. The Bertz CT molecular complexity index is 549. The number of thioether (sulfide) groups is 1. The fraction of sp³-hybridized carbons (Fsp3) is 0.250. The predicted molar refractivity (Wildman–Crippen MR) is 83.2 cm³/mol. The molecule has 0 bridgehead atoms. The Balaban J connectivity index is 2.03. The zero-order valence-corrected chi connectivity index (χ0v) is 12.2. The number of imide groups is 1. The van der Waals surface area contributed by atoms with Crippen molar-refractivity contribution in [3.63, 3.8) is 0 Å². The molecule has 0 N–H and O–H groups in total. The minimum atomic E-state index is -0.175. The highest BCUT2D eigenvalue weighted by molar-refractivity contribution is 8.18. The normalized spacial score (nSPS) is 17.6. The highest BCUT2D eigenvalue weighted by atomic mass is 32.2. The van der Waals surface area contributed by atoms with E-state index in [1.807, 2.05) is 49.4 Å². The lowest BCUT2D eigenvalue weighted by atomic mass is 10.2. The van der Waals surface area contributed by atoms with Gasteiger partial charge in [-0.2, -0.15) is 0 Å². The van der Waals surface area contributed by atoms with Crippen LogP contribution in [0, 0.1) is 0 Å². The van der Waals surface area contributed by atoms with Crippen molar-refractivity contribution in [1.29, 1.82) is 0 Å². The molecule has 1 aromatic carbocycles. The van der Waals surface area contributed by atoms with Crippen LogP contribution in [-0.4, -0.2) is 22.6 Å². The predicted octanol–water partition coefficient (Wildman–Crippen LogP) is 4.08. The monoisotopic (exact) mass is 287 g/mol. The molecule has 1 heterocycles. The van der Waals surface area contributed by atoms with Crippen molar-refractivity contribution in [3.8, 4) is 0 Å². The molecular weight excluding hydrogens is 270 g/mol. The minimum absolute atomic E-state index is 0.164. The van der Waals surface area contributed by atoms with Crippen LogP contribution in [0.1, 0.15) is 25.3 Å². The summed E-state index contributed by atoms with van der Waals surface area (Å²) in [5, 5.41) is -0.164. The average Bonchev–Trinajstić information content (AvgIpc) is 2.73. The van der Waals surface area contributed by atoms with Crippen molar-refractivity contribution in [2.24, 2.45) is 0 Å². The summed E-state index contributed by atoms with van der Waals surface area (Å²) in [6.07, 6.45) is 7.26. The molecule has 4 heteroatoms. The summed E-state index contributed by atoms with van der Waals surface area (Å²) in [5.74, 6) is -0.175. The van der Waals surface area contributed by atoms with Crippen LogP contribution in [-0.2, 0) is 4.79 Å². The number of amides is 2. The van der Waals surface area contributed by atoms with E-state index in [4.69, 9.17) is 0 Å². The number of unbranched alkanes of at least 4 members (excludes halogenated alkanes) is 1. The average molecular weight is 287 g/mol. The Morgan fingerprint density at radius 3 is 2.65 bits per heavy atom. The van der Waals surface area contributed by atoms with Gasteiger partial charge in [0.25, 0.3) is 11.1 Å². The van der Waals surface area contributed by atoms with Crippen molar-refractivity contribution in [2.45, 2.75) is 19.8 Å². The first kappa shape index (κ1) is 14.6. The molecule has 20 heavy (non-hydrogen) atoms. The highest BCUT2D eigenvalue weighted by Gasteiger charge is 2.33. The smallest absolute Gasteiger partial charge is 0.268 e. The molecule has 0 radical (unpaired) electrons. The highest BCUT2D eigenvalue weighted by Crippen LogP contribution is 2.30. The molecule has 1 aliphatic heterocycles. The third kappa shape index (κ3) is 3.61. The lowest BCUT2D eigenvalue weighted by Crippen LogP contribution is -2.29. The molecule has 0 aliphatic carbocycles. The molecule has 2 rings (SSSR count). The van der Waals surface area contributed by atoms with Gasteiger partial charge in [-0.05, 0) is 29.8 Å². The minimum Gasteiger partial charge on any atom is -0.268 e. The fourth-order valence-corrected chi connectivity index (χ4v) is 2.65. The van der Waals surface area contributed by atoms with Crippen LogP contribution in [0.25, 0.3) is 6.08 Å². The fourth-order valence-electron chi connectivity index (χ4n) is 1.83. The first-order valence-corrected chi connectivity index (χ1v) is 7.51. The van der Waals surface area contributed by atoms with Crippen molar-refractivity contribution >= 4 is 29.0 Å². The quantitative estimate of drug-likeness (QED) is 0.766. The molecule has 1 fully saturated rings. The van der Waals surface area contributed by atoms with Gasteiger partial charge in [0, 0.05) is 6.54 Å². The number of allylic oxidation sites excluding steroid dienone is 2. The van der Waals surface area contributed by atoms with Crippen molar-refractivity contribution in [3.05, 3.63) is 53.0 Å². The van der Waals surface area contributed by atoms with Gasteiger partial charge in [-0.25, -0.2) is 0 Å². The van der Waals surface area contributed by atoms with E-state index in [0.29, 0.717) is 11.4 Å². The van der Waals surface area contributed by atoms with E-state index in [1.165, 1.54) is 4.90 Å². The third-order valence-corrected chi connectivity index (χ3v) is 3.87. The van der Waals surface area contributed by atoms with E-state index < -0.39 is 0 Å². The van der Waals surface area contributed by atoms with Crippen LogP contribution in [0.4, 0.5) is 4.79 Å². The summed E-state index contributed by atoms with van der Waals surface area (Å²) in [4.78, 5) is 25.6. The maximum Gasteiger partial charge on any atom is 0.293 e. The van der Waals surface area contributed by atoms with E-state index in [9.17, 15) is 9.59 Å². The molecular formula is C16H17NO2S. The molecule has 0 saturated carbocycles. The summed E-state index contributed by atoms with van der Waals surface area (Å²) in [5.41, 5.74) is 1.06. The summed E-state index contributed by atoms with van der Waals surface area (Å²) in [6.45, 7) is 2.55. The molecule has 0 spiro atoms. The van der Waals surface area contributed by atoms with Gasteiger partial charge in [-0.15, -0.1) is 0 Å². The first-order valence-electron chi connectivity index (χ1n) is 6.69. The van der Waals surface area contributed by atoms with Gasteiger partial charge in [0.1, 0.15) is 0 Å². The number of carbonyl (C=O) groups excluding carboxylic acids is 2. The second kappa shape index (κ2) is 7.10. The second-order valence-electron chi connectivity index (χ2n) is 4.48. The summed E-state index contributed by atoms with van der Waals surface area (Å²) < 4.78 is 0. The molecule has 104 valence electrons. The Kier molecular flexibility index (Phi) is 5.18. The molecule has 0 aromatic heterocycles. The SMILES string of the molecule is CCCCN1C(=O)S/C(=C/C=C/c2ccccc2)C1=O. The summed E-state index contributed by atoms with van der Waals surface area (Å²) in [7, 11) is 0. The zero-order chi connectivity index (χ0) is 14.4. The van der Waals surface area contributed by atoms with E-state index in [1.54, 1.807) is 6.08 Å². The van der Waals surface area contributed by atoms with Gasteiger partial charge in [0.05, 0.1) is 4.91 Å². The number of hydrogen-bond donors (Lipinski definition) is 0. The van der Waals surface area contributed by atoms with Gasteiger partial charge in [0.2, 0.25) is 0 Å². The van der Waals surface area contributed by atoms with Crippen LogP contribution in [0.15, 0.2) is 47.4 Å². The molecule has 1 aromatic rings. The van der Waals surface area contributed by atoms with Gasteiger partial charge in [0.15, 0.2) is 0 Å². The Morgan fingerprint density at radius 1 is 1.20 bits per heavy atom. The number of carbonyl (C=O) groups is 2. The van der Waals surface area contributed by atoms with Crippen molar-refractivity contribution < 1.29 is 9.59 Å². The zero-order valence-electron chi connectivity index (χ0n) is 11.4. The topological polar surface area (TPSA) is 37.4 Å². The van der Waals surface area contributed by atoms with Gasteiger partial charge in [-0.1, -0.05) is 55.8 Å². The maximum absolute atomic E-state index is 12.0. The van der Waals surface area contributed by atoms with Gasteiger partial charge >= 0.3 is 0 Å². The van der Waals surface area contributed by atoms with Gasteiger partial charge < -0.3 is 0 Å². The van der Waals surface area contributed by atoms with Gasteiger partial charge in [-0.3, -0.25) is 14.5 Å². The van der Waals surface area contributed by atoms with E-state index in [2.05, 4.69) is 0 Å². The number of hydrogen-bond acceptors (Lipinski definition) is 3. The van der Waals surface area contributed by atoms with Crippen LogP contribution in [0.2, 0.25) is 0 Å². The van der Waals surface area contributed by atoms with E-state index >= 15 is 0 Å². The van der Waals surface area contributed by atoms with Crippen LogP contribution >= 0.6 is 11.8 Å². The van der Waals surface area contributed by atoms with Crippen molar-refractivity contribution in [2.75, 3.05) is 6.54 Å². The van der Waals surface area contributed by atoms with Crippen LogP contribution in [0.3, 0.4) is 0 Å². The standard InChI is InChI=1S/C16H17NO2S/c1-2-3-12-17-15(18)14(20-16(17)19)11-7-10-13-8-5-4-6-9-13/h4-11H,2-3,12H2,1H3/b10-7+,14-11+. The first-order chi connectivity index (χ1) is 9.72. The molecule has 3 nitrogen and oxygen atoms in total. The molecule has 2 amide bonds.